The van der Waals surface area contributed by atoms with Crippen molar-refractivity contribution in [3.8, 4) is 0 Å². The fourth-order valence-electron chi connectivity index (χ4n) is 1.74. The second-order valence-corrected chi connectivity index (χ2v) is 6.00. The first-order chi connectivity index (χ1) is 7.09. The van der Waals surface area contributed by atoms with Crippen LogP contribution in [0.25, 0.3) is 0 Å². The molecule has 0 spiro atoms. The van der Waals surface area contributed by atoms with Gasteiger partial charge in [0.25, 0.3) is 5.91 Å². The standard InChI is InChI=1S/C10H13BrN2OS/c1-6-3-13(4-8(6)11)10(14)9-7(2)12-5-15-9/h5-6,8H,3-4H2,1-2H3. The molecule has 2 unspecified atom stereocenters. The van der Waals surface area contributed by atoms with Crippen molar-refractivity contribution in [1.29, 1.82) is 0 Å². The van der Waals surface area contributed by atoms with Gasteiger partial charge in [-0.2, -0.15) is 0 Å². The maximum absolute atomic E-state index is 12.1. The predicted octanol–water partition coefficient (Wildman–Crippen LogP) is 2.31. The summed E-state index contributed by atoms with van der Waals surface area (Å²) in [4.78, 5) is 19.3. The number of carbonyl (C=O) groups is 1. The zero-order valence-corrected chi connectivity index (χ0v) is 11.1. The Morgan fingerprint density at radius 2 is 2.40 bits per heavy atom. The SMILES string of the molecule is Cc1ncsc1C(=O)N1CC(C)C(Br)C1. The van der Waals surface area contributed by atoms with E-state index >= 15 is 0 Å². The Labute approximate surface area is 102 Å². The third-order valence-corrected chi connectivity index (χ3v) is 4.86. The number of aryl methyl sites for hydroxylation is 1. The molecule has 1 amide bonds. The van der Waals surface area contributed by atoms with E-state index in [0.29, 0.717) is 10.7 Å². The minimum atomic E-state index is 0.129. The molecule has 1 saturated heterocycles. The van der Waals surface area contributed by atoms with Crippen molar-refractivity contribution < 1.29 is 4.79 Å². The van der Waals surface area contributed by atoms with Crippen LogP contribution >= 0.6 is 27.3 Å². The number of hydrogen-bond acceptors (Lipinski definition) is 3. The Bertz CT molecular complexity index is 369. The number of carbonyl (C=O) groups excluding carboxylic acids is 1. The third-order valence-electron chi connectivity index (χ3n) is 2.75. The van der Waals surface area contributed by atoms with Crippen LogP contribution in [0.15, 0.2) is 5.51 Å². The molecule has 2 heterocycles. The molecule has 0 N–H and O–H groups in total. The maximum Gasteiger partial charge on any atom is 0.265 e. The monoisotopic (exact) mass is 288 g/mol. The molecule has 0 saturated carbocycles. The van der Waals surface area contributed by atoms with Gasteiger partial charge < -0.3 is 4.90 Å². The summed E-state index contributed by atoms with van der Waals surface area (Å²) in [6.07, 6.45) is 0. The highest BCUT2D eigenvalue weighted by molar-refractivity contribution is 9.09. The molecule has 1 aliphatic rings. The summed E-state index contributed by atoms with van der Waals surface area (Å²) in [5, 5.41) is 0. The van der Waals surface area contributed by atoms with Gasteiger partial charge in [-0.3, -0.25) is 4.79 Å². The van der Waals surface area contributed by atoms with E-state index in [2.05, 4.69) is 27.8 Å². The van der Waals surface area contributed by atoms with E-state index in [0.717, 1.165) is 23.7 Å². The van der Waals surface area contributed by atoms with E-state index in [9.17, 15) is 4.79 Å². The third kappa shape index (κ3) is 2.08. The molecule has 0 aromatic carbocycles. The lowest BCUT2D eigenvalue weighted by Crippen LogP contribution is -2.28. The largest absolute Gasteiger partial charge is 0.336 e. The van der Waals surface area contributed by atoms with Crippen molar-refractivity contribution in [2.24, 2.45) is 5.92 Å². The molecular weight excluding hydrogens is 276 g/mol. The summed E-state index contributed by atoms with van der Waals surface area (Å²) < 4.78 is 0. The highest BCUT2D eigenvalue weighted by atomic mass is 79.9. The summed E-state index contributed by atoms with van der Waals surface area (Å²) >= 11 is 5.02. The molecular formula is C10H13BrN2OS. The van der Waals surface area contributed by atoms with Crippen LogP contribution in [0, 0.1) is 12.8 Å². The normalized spacial score (nSPS) is 25.9. The van der Waals surface area contributed by atoms with Gasteiger partial charge in [0.1, 0.15) is 4.88 Å². The smallest absolute Gasteiger partial charge is 0.265 e. The zero-order valence-electron chi connectivity index (χ0n) is 8.74. The average Bonchev–Trinajstić information content (AvgIpc) is 2.74. The molecule has 2 atom stereocenters. The number of halogens is 1. The molecule has 0 radical (unpaired) electrons. The molecule has 15 heavy (non-hydrogen) atoms. The van der Waals surface area contributed by atoms with Crippen LogP contribution in [0.1, 0.15) is 22.3 Å². The summed E-state index contributed by atoms with van der Waals surface area (Å²) in [6.45, 7) is 5.69. The summed E-state index contributed by atoms with van der Waals surface area (Å²) in [6, 6.07) is 0. The van der Waals surface area contributed by atoms with E-state index in [1.807, 2.05) is 11.8 Å². The van der Waals surface area contributed by atoms with Gasteiger partial charge in [-0.25, -0.2) is 4.98 Å². The highest BCUT2D eigenvalue weighted by Crippen LogP contribution is 2.26. The van der Waals surface area contributed by atoms with Crippen LogP contribution in [-0.4, -0.2) is 33.7 Å². The minimum absolute atomic E-state index is 0.129. The Hall–Kier alpha value is -0.420. The van der Waals surface area contributed by atoms with Crippen LogP contribution in [-0.2, 0) is 0 Å². The molecule has 1 aromatic rings. The Kier molecular flexibility index (Phi) is 3.11. The molecule has 1 aromatic heterocycles. The van der Waals surface area contributed by atoms with Crippen LogP contribution in [0.3, 0.4) is 0 Å². The van der Waals surface area contributed by atoms with Crippen molar-refractivity contribution in [2.45, 2.75) is 18.7 Å². The number of alkyl halides is 1. The molecule has 2 rings (SSSR count). The topological polar surface area (TPSA) is 33.2 Å². The van der Waals surface area contributed by atoms with Gasteiger partial charge >= 0.3 is 0 Å². The minimum Gasteiger partial charge on any atom is -0.336 e. The fourth-order valence-corrected chi connectivity index (χ4v) is 3.03. The quantitative estimate of drug-likeness (QED) is 0.743. The lowest BCUT2D eigenvalue weighted by molar-refractivity contribution is 0.0792. The number of likely N-dealkylation sites (tertiary alicyclic amines) is 1. The van der Waals surface area contributed by atoms with Gasteiger partial charge in [-0.1, -0.05) is 22.9 Å². The molecule has 82 valence electrons. The van der Waals surface area contributed by atoms with E-state index in [4.69, 9.17) is 0 Å². The number of thiazole rings is 1. The van der Waals surface area contributed by atoms with Crippen LogP contribution in [0.5, 0.6) is 0 Å². The van der Waals surface area contributed by atoms with Crippen molar-refractivity contribution in [2.75, 3.05) is 13.1 Å². The number of aromatic nitrogens is 1. The summed E-state index contributed by atoms with van der Waals surface area (Å²) in [5.41, 5.74) is 2.57. The van der Waals surface area contributed by atoms with Crippen molar-refractivity contribution in [3.63, 3.8) is 0 Å². The Balaban J connectivity index is 2.13. The molecule has 5 heteroatoms. The van der Waals surface area contributed by atoms with E-state index in [1.54, 1.807) is 5.51 Å². The second kappa shape index (κ2) is 4.22. The molecule has 0 aliphatic carbocycles. The van der Waals surface area contributed by atoms with Crippen molar-refractivity contribution in [1.82, 2.24) is 9.88 Å². The van der Waals surface area contributed by atoms with Gasteiger partial charge in [0, 0.05) is 17.9 Å². The van der Waals surface area contributed by atoms with Crippen LogP contribution in [0.2, 0.25) is 0 Å². The molecule has 0 bridgehead atoms. The highest BCUT2D eigenvalue weighted by Gasteiger charge is 2.32. The summed E-state index contributed by atoms with van der Waals surface area (Å²) in [5.74, 6) is 0.658. The van der Waals surface area contributed by atoms with Crippen molar-refractivity contribution >= 4 is 33.2 Å². The summed E-state index contributed by atoms with van der Waals surface area (Å²) in [7, 11) is 0. The maximum atomic E-state index is 12.1. The number of rotatable bonds is 1. The van der Waals surface area contributed by atoms with Gasteiger partial charge in [0.05, 0.1) is 11.2 Å². The molecule has 1 aliphatic heterocycles. The van der Waals surface area contributed by atoms with E-state index < -0.39 is 0 Å². The van der Waals surface area contributed by atoms with Gasteiger partial charge in [-0.15, -0.1) is 11.3 Å². The first-order valence-electron chi connectivity index (χ1n) is 4.93. The van der Waals surface area contributed by atoms with Gasteiger partial charge in [0.15, 0.2) is 0 Å². The zero-order chi connectivity index (χ0) is 11.0. The van der Waals surface area contributed by atoms with Crippen LogP contribution < -0.4 is 0 Å². The molecule has 1 fully saturated rings. The number of nitrogens with zero attached hydrogens (tertiary/aromatic N) is 2. The fraction of sp³-hybridized carbons (Fsp3) is 0.600. The number of hydrogen-bond donors (Lipinski definition) is 0. The average molecular weight is 289 g/mol. The van der Waals surface area contributed by atoms with Crippen LogP contribution in [0.4, 0.5) is 0 Å². The van der Waals surface area contributed by atoms with E-state index in [-0.39, 0.29) is 5.91 Å². The molecule has 3 nitrogen and oxygen atoms in total. The first-order valence-corrected chi connectivity index (χ1v) is 6.72. The Morgan fingerprint density at radius 3 is 2.87 bits per heavy atom. The second-order valence-electron chi connectivity index (χ2n) is 3.97. The lowest BCUT2D eigenvalue weighted by Gasteiger charge is -2.14. The van der Waals surface area contributed by atoms with Gasteiger partial charge in [-0.05, 0) is 12.8 Å². The van der Waals surface area contributed by atoms with E-state index in [1.165, 1.54) is 11.3 Å². The van der Waals surface area contributed by atoms with Crippen molar-refractivity contribution in [3.05, 3.63) is 16.1 Å². The Morgan fingerprint density at radius 1 is 1.67 bits per heavy atom. The number of amides is 1. The van der Waals surface area contributed by atoms with Gasteiger partial charge in [0.2, 0.25) is 0 Å². The lowest BCUT2D eigenvalue weighted by atomic mass is 10.2. The first kappa shape index (κ1) is 11.1. The predicted molar refractivity (Wildman–Crippen MR) is 64.6 cm³/mol.